The van der Waals surface area contributed by atoms with Crippen LogP contribution in [0.25, 0.3) is 10.1 Å². The molecule has 0 nitrogen and oxygen atoms in total. The van der Waals surface area contributed by atoms with Crippen molar-refractivity contribution < 1.29 is 0 Å². The Morgan fingerprint density at radius 2 is 1.85 bits per heavy atom. The average molecular weight is 320 g/mol. The summed E-state index contributed by atoms with van der Waals surface area (Å²) >= 11 is 8.87. The summed E-state index contributed by atoms with van der Waals surface area (Å²) < 4.78 is 3.72. The van der Waals surface area contributed by atoms with Crippen LogP contribution in [0.3, 0.4) is 0 Å². The Labute approximate surface area is 98.2 Å². The summed E-state index contributed by atoms with van der Waals surface area (Å²) in [5.41, 5.74) is 2.71. The van der Waals surface area contributed by atoms with Gasteiger partial charge in [0.05, 0.1) is 3.79 Å². The molecule has 0 atom stereocenters. The van der Waals surface area contributed by atoms with E-state index in [1.165, 1.54) is 29.5 Å². The highest BCUT2D eigenvalue weighted by atomic mass is 79.9. The van der Waals surface area contributed by atoms with E-state index in [0.29, 0.717) is 0 Å². The fourth-order valence-electron chi connectivity index (χ4n) is 1.39. The molecule has 0 bridgehead atoms. The van der Waals surface area contributed by atoms with Gasteiger partial charge in [-0.1, -0.05) is 0 Å². The normalized spacial score (nSPS) is 11.1. The minimum atomic E-state index is 1.19. The molecule has 0 saturated heterocycles. The third-order valence-corrected chi connectivity index (χ3v) is 4.82. The SMILES string of the molecule is Cc1cc(Br)c2sc(Br)cc2c1C. The van der Waals surface area contributed by atoms with Gasteiger partial charge in [-0.2, -0.15) is 0 Å². The largest absolute Gasteiger partial charge is 0.127 e. The van der Waals surface area contributed by atoms with Crippen molar-refractivity contribution in [1.82, 2.24) is 0 Å². The molecule has 1 aromatic heterocycles. The van der Waals surface area contributed by atoms with Gasteiger partial charge in [-0.05, 0) is 74.4 Å². The number of hydrogen-bond acceptors (Lipinski definition) is 1. The molecule has 0 spiro atoms. The van der Waals surface area contributed by atoms with E-state index in [1.807, 2.05) is 0 Å². The molecule has 2 rings (SSSR count). The lowest BCUT2D eigenvalue weighted by Crippen LogP contribution is -1.80. The summed E-state index contributed by atoms with van der Waals surface area (Å²) in [7, 11) is 0. The van der Waals surface area contributed by atoms with Gasteiger partial charge >= 0.3 is 0 Å². The quantitative estimate of drug-likeness (QED) is 0.638. The van der Waals surface area contributed by atoms with Crippen LogP contribution in [0.15, 0.2) is 20.4 Å². The maximum Gasteiger partial charge on any atom is 0.0711 e. The van der Waals surface area contributed by atoms with Crippen LogP contribution in [0.1, 0.15) is 11.1 Å². The van der Waals surface area contributed by atoms with E-state index in [-0.39, 0.29) is 0 Å². The fraction of sp³-hybridized carbons (Fsp3) is 0.200. The molecule has 0 saturated carbocycles. The molecule has 0 N–H and O–H groups in total. The summed E-state index contributed by atoms with van der Waals surface area (Å²) in [5, 5.41) is 1.35. The maximum atomic E-state index is 3.58. The Balaban J connectivity index is 2.95. The van der Waals surface area contributed by atoms with Crippen molar-refractivity contribution in [1.29, 1.82) is 0 Å². The molecule has 0 radical (unpaired) electrons. The van der Waals surface area contributed by atoms with Gasteiger partial charge in [-0.3, -0.25) is 0 Å². The predicted molar refractivity (Wildman–Crippen MR) is 66.7 cm³/mol. The van der Waals surface area contributed by atoms with Gasteiger partial charge in [0.1, 0.15) is 0 Å². The van der Waals surface area contributed by atoms with Gasteiger partial charge in [0.25, 0.3) is 0 Å². The molecule has 68 valence electrons. The van der Waals surface area contributed by atoms with Gasteiger partial charge < -0.3 is 0 Å². The molecule has 1 heterocycles. The minimum Gasteiger partial charge on any atom is -0.127 e. The zero-order chi connectivity index (χ0) is 9.59. The molecule has 3 heteroatoms. The van der Waals surface area contributed by atoms with Crippen molar-refractivity contribution in [2.24, 2.45) is 0 Å². The number of hydrogen-bond donors (Lipinski definition) is 0. The van der Waals surface area contributed by atoms with Crippen molar-refractivity contribution in [2.75, 3.05) is 0 Å². The van der Waals surface area contributed by atoms with Crippen molar-refractivity contribution in [3.8, 4) is 0 Å². The van der Waals surface area contributed by atoms with E-state index in [4.69, 9.17) is 0 Å². The minimum absolute atomic E-state index is 1.19. The van der Waals surface area contributed by atoms with E-state index in [0.717, 1.165) is 0 Å². The summed E-state index contributed by atoms with van der Waals surface area (Å²) in [6.07, 6.45) is 0. The Morgan fingerprint density at radius 3 is 2.54 bits per heavy atom. The molecular weight excluding hydrogens is 312 g/mol. The Kier molecular flexibility index (Phi) is 2.51. The lowest BCUT2D eigenvalue weighted by atomic mass is 10.1. The zero-order valence-corrected chi connectivity index (χ0v) is 11.3. The van der Waals surface area contributed by atoms with Crippen molar-refractivity contribution in [3.63, 3.8) is 0 Å². The van der Waals surface area contributed by atoms with Gasteiger partial charge in [0.2, 0.25) is 0 Å². The van der Waals surface area contributed by atoms with E-state index >= 15 is 0 Å². The van der Waals surface area contributed by atoms with E-state index in [1.54, 1.807) is 11.3 Å². The number of halogens is 2. The van der Waals surface area contributed by atoms with Crippen LogP contribution in [0.5, 0.6) is 0 Å². The molecule has 0 fully saturated rings. The van der Waals surface area contributed by atoms with Crippen LogP contribution in [0, 0.1) is 13.8 Å². The lowest BCUT2D eigenvalue weighted by Gasteiger charge is -2.02. The third kappa shape index (κ3) is 1.58. The molecule has 0 aliphatic carbocycles. The third-order valence-electron chi connectivity index (χ3n) is 2.26. The summed E-state index contributed by atoms with van der Waals surface area (Å²) in [6, 6.07) is 4.37. The van der Waals surface area contributed by atoms with Crippen LogP contribution >= 0.6 is 43.2 Å². The number of aryl methyl sites for hydroxylation is 2. The first-order valence-electron chi connectivity index (χ1n) is 3.94. The second kappa shape index (κ2) is 3.37. The highest BCUT2D eigenvalue weighted by molar-refractivity contribution is 9.11. The molecular formula is C10H8Br2S. The second-order valence-corrected chi connectivity index (χ2v) is 6.38. The number of rotatable bonds is 0. The van der Waals surface area contributed by atoms with Crippen molar-refractivity contribution >= 4 is 53.3 Å². The number of benzene rings is 1. The van der Waals surface area contributed by atoms with Crippen molar-refractivity contribution in [2.45, 2.75) is 13.8 Å². The van der Waals surface area contributed by atoms with Gasteiger partial charge in [0.15, 0.2) is 0 Å². The van der Waals surface area contributed by atoms with Gasteiger partial charge in [-0.15, -0.1) is 11.3 Å². The van der Waals surface area contributed by atoms with Gasteiger partial charge in [0, 0.05) is 9.17 Å². The fourth-order valence-corrected chi connectivity index (χ4v) is 3.76. The summed E-state index contributed by atoms with van der Waals surface area (Å²) in [4.78, 5) is 0. The lowest BCUT2D eigenvalue weighted by molar-refractivity contribution is 1.38. The molecule has 0 unspecified atom stereocenters. The summed E-state index contributed by atoms with van der Waals surface area (Å²) in [6.45, 7) is 4.31. The van der Waals surface area contributed by atoms with Crippen LogP contribution in [-0.4, -0.2) is 0 Å². The molecule has 0 aliphatic heterocycles. The van der Waals surface area contributed by atoms with Crippen LogP contribution < -0.4 is 0 Å². The maximum absolute atomic E-state index is 3.58. The first kappa shape index (κ1) is 9.69. The average Bonchev–Trinajstić information content (AvgIpc) is 2.44. The Bertz CT molecular complexity index is 471. The highest BCUT2D eigenvalue weighted by Crippen LogP contribution is 2.37. The first-order chi connectivity index (χ1) is 6.09. The molecule has 0 amide bonds. The second-order valence-electron chi connectivity index (χ2n) is 3.09. The van der Waals surface area contributed by atoms with Gasteiger partial charge in [-0.25, -0.2) is 0 Å². The highest BCUT2D eigenvalue weighted by Gasteiger charge is 2.08. The van der Waals surface area contributed by atoms with Crippen LogP contribution in [0.2, 0.25) is 0 Å². The molecule has 2 aromatic rings. The van der Waals surface area contributed by atoms with E-state index in [9.17, 15) is 0 Å². The zero-order valence-electron chi connectivity index (χ0n) is 7.32. The molecule has 1 aromatic carbocycles. The first-order valence-corrected chi connectivity index (χ1v) is 6.34. The predicted octanol–water partition coefficient (Wildman–Crippen LogP) is 5.04. The topological polar surface area (TPSA) is 0 Å². The Morgan fingerprint density at radius 1 is 1.15 bits per heavy atom. The van der Waals surface area contributed by atoms with Crippen LogP contribution in [0.4, 0.5) is 0 Å². The smallest absolute Gasteiger partial charge is 0.0711 e. The Hall–Kier alpha value is 0.140. The van der Waals surface area contributed by atoms with E-state index < -0.39 is 0 Å². The number of thiophene rings is 1. The molecule has 13 heavy (non-hydrogen) atoms. The molecule has 0 aliphatic rings. The van der Waals surface area contributed by atoms with E-state index in [2.05, 4.69) is 57.8 Å². The van der Waals surface area contributed by atoms with Crippen molar-refractivity contribution in [3.05, 3.63) is 31.5 Å². The monoisotopic (exact) mass is 318 g/mol. The standard InChI is InChI=1S/C10H8Br2S/c1-5-3-8(11)10-7(6(5)2)4-9(12)13-10/h3-4H,1-2H3. The van der Waals surface area contributed by atoms with Crippen LogP contribution in [-0.2, 0) is 0 Å². The number of fused-ring (bicyclic) bond motifs is 1. The summed E-state index contributed by atoms with van der Waals surface area (Å²) in [5.74, 6) is 0.